The maximum absolute atomic E-state index is 5.53. The first-order valence-corrected chi connectivity index (χ1v) is 8.55. The van der Waals surface area contributed by atoms with E-state index in [0.29, 0.717) is 18.6 Å². The molecule has 2 heterocycles. The lowest BCUT2D eigenvalue weighted by atomic mass is 9.89. The maximum atomic E-state index is 5.53. The minimum Gasteiger partial charge on any atom is -0.463 e. The van der Waals surface area contributed by atoms with Gasteiger partial charge in [0.25, 0.3) is 6.02 Å². The third kappa shape index (κ3) is 4.68. The van der Waals surface area contributed by atoms with Crippen molar-refractivity contribution in [3.8, 4) is 0 Å². The molecule has 1 atom stereocenters. The van der Waals surface area contributed by atoms with Crippen LogP contribution in [-0.2, 0) is 16.6 Å². The van der Waals surface area contributed by atoms with Gasteiger partial charge in [-0.3, -0.25) is 0 Å². The molecule has 1 unspecified atom stereocenters. The minimum atomic E-state index is 0.0548. The molecule has 0 bridgehead atoms. The first-order valence-electron chi connectivity index (χ1n) is 8.55. The van der Waals surface area contributed by atoms with Crippen molar-refractivity contribution in [2.75, 3.05) is 11.9 Å². The summed E-state index contributed by atoms with van der Waals surface area (Å²) in [6, 6.07) is 8.77. The number of aromatic nitrogens is 2. The highest BCUT2D eigenvalue weighted by molar-refractivity contribution is 5.73. The average Bonchev–Trinajstić information content (AvgIpc) is 2.99. The van der Waals surface area contributed by atoms with E-state index in [0.717, 1.165) is 24.1 Å². The molecular formula is C19H25N5O. The van der Waals surface area contributed by atoms with Crippen molar-refractivity contribution in [1.82, 2.24) is 9.97 Å². The second-order valence-electron chi connectivity index (χ2n) is 7.34. The molecule has 0 radical (unpaired) electrons. The molecule has 3 rings (SSSR count). The van der Waals surface area contributed by atoms with Crippen molar-refractivity contribution in [2.24, 2.45) is 10.7 Å². The summed E-state index contributed by atoms with van der Waals surface area (Å²) in [5.74, 6) is 0.605. The fourth-order valence-corrected chi connectivity index (χ4v) is 2.58. The number of ether oxygens (including phenoxy) is 1. The SMILES string of the molecule is CC(C)(C)c1cnc(Nc2ccc(CCC3COC(N)=N3)cc2)nc1. The Bertz CT molecular complexity index is 732. The zero-order valence-electron chi connectivity index (χ0n) is 15.0. The van der Waals surface area contributed by atoms with Crippen LogP contribution in [0.25, 0.3) is 0 Å². The Morgan fingerprint density at radius 1 is 1.16 bits per heavy atom. The largest absolute Gasteiger partial charge is 0.463 e. The normalized spacial score (nSPS) is 17.1. The van der Waals surface area contributed by atoms with Crippen molar-refractivity contribution in [2.45, 2.75) is 45.1 Å². The van der Waals surface area contributed by atoms with Gasteiger partial charge in [-0.25, -0.2) is 15.0 Å². The zero-order chi connectivity index (χ0) is 17.9. The molecule has 132 valence electrons. The van der Waals surface area contributed by atoms with Gasteiger partial charge in [0.15, 0.2) is 0 Å². The zero-order valence-corrected chi connectivity index (χ0v) is 15.0. The summed E-state index contributed by atoms with van der Waals surface area (Å²) >= 11 is 0. The summed E-state index contributed by atoms with van der Waals surface area (Å²) in [5, 5.41) is 3.23. The summed E-state index contributed by atoms with van der Waals surface area (Å²) < 4.78 is 5.17. The molecule has 0 amide bonds. The van der Waals surface area contributed by atoms with E-state index in [-0.39, 0.29) is 11.5 Å². The number of rotatable bonds is 5. The van der Waals surface area contributed by atoms with Crippen LogP contribution >= 0.6 is 0 Å². The highest BCUT2D eigenvalue weighted by Crippen LogP contribution is 2.22. The molecule has 3 N–H and O–H groups in total. The fourth-order valence-electron chi connectivity index (χ4n) is 2.58. The first-order chi connectivity index (χ1) is 11.9. The molecule has 6 heteroatoms. The summed E-state index contributed by atoms with van der Waals surface area (Å²) in [5.41, 5.74) is 8.93. The van der Waals surface area contributed by atoms with Gasteiger partial charge in [-0.1, -0.05) is 32.9 Å². The number of nitrogens with zero attached hydrogens (tertiary/aromatic N) is 3. The second-order valence-corrected chi connectivity index (χ2v) is 7.34. The molecule has 1 aliphatic rings. The topological polar surface area (TPSA) is 85.4 Å². The second kappa shape index (κ2) is 7.09. The Kier molecular flexibility index (Phi) is 4.88. The summed E-state index contributed by atoms with van der Waals surface area (Å²) in [7, 11) is 0. The van der Waals surface area contributed by atoms with E-state index in [1.165, 1.54) is 5.56 Å². The van der Waals surface area contributed by atoms with Crippen LogP contribution in [0.15, 0.2) is 41.7 Å². The summed E-state index contributed by atoms with van der Waals surface area (Å²) in [4.78, 5) is 13.0. The molecule has 1 aromatic carbocycles. The van der Waals surface area contributed by atoms with Crippen molar-refractivity contribution >= 4 is 17.7 Å². The van der Waals surface area contributed by atoms with E-state index in [1.807, 2.05) is 24.5 Å². The highest BCUT2D eigenvalue weighted by Gasteiger charge is 2.16. The standard InChI is InChI=1S/C19H25N5O/c1-19(2,3)14-10-21-18(22-11-14)24-15-7-4-13(5-8-15)6-9-16-12-25-17(20)23-16/h4-5,7-8,10-11,16H,6,9,12H2,1-3H3,(H2,20,23)(H,21,22,24). The van der Waals surface area contributed by atoms with Gasteiger partial charge in [0.05, 0.1) is 6.04 Å². The minimum absolute atomic E-state index is 0.0548. The lowest BCUT2D eigenvalue weighted by Crippen LogP contribution is -2.12. The number of hydrogen-bond donors (Lipinski definition) is 2. The number of aliphatic imine (C=N–C) groups is 1. The van der Waals surface area contributed by atoms with Gasteiger partial charge in [-0.05, 0) is 41.5 Å². The van der Waals surface area contributed by atoms with E-state index in [9.17, 15) is 0 Å². The predicted molar refractivity (Wildman–Crippen MR) is 100 cm³/mol. The molecule has 0 saturated carbocycles. The Balaban J connectivity index is 1.55. The Labute approximate surface area is 148 Å². The molecule has 0 saturated heterocycles. The van der Waals surface area contributed by atoms with Gasteiger partial charge < -0.3 is 15.8 Å². The summed E-state index contributed by atoms with van der Waals surface area (Å²) in [6.45, 7) is 7.03. The third-order valence-corrected chi connectivity index (χ3v) is 4.23. The quantitative estimate of drug-likeness (QED) is 0.874. The lowest BCUT2D eigenvalue weighted by molar-refractivity contribution is 0.308. The number of amidine groups is 1. The smallest absolute Gasteiger partial charge is 0.282 e. The number of anilines is 2. The molecular weight excluding hydrogens is 314 g/mol. The Morgan fingerprint density at radius 2 is 1.84 bits per heavy atom. The van der Waals surface area contributed by atoms with Crippen molar-refractivity contribution in [3.05, 3.63) is 47.8 Å². The third-order valence-electron chi connectivity index (χ3n) is 4.23. The van der Waals surface area contributed by atoms with E-state index >= 15 is 0 Å². The van der Waals surface area contributed by atoms with Gasteiger partial charge in [0.2, 0.25) is 5.95 Å². The fraction of sp³-hybridized carbons (Fsp3) is 0.421. The van der Waals surface area contributed by atoms with Crippen molar-refractivity contribution < 1.29 is 4.74 Å². The van der Waals surface area contributed by atoms with Crippen LogP contribution in [0.1, 0.15) is 38.3 Å². The van der Waals surface area contributed by atoms with Crippen LogP contribution in [0.2, 0.25) is 0 Å². The van der Waals surface area contributed by atoms with Gasteiger partial charge in [-0.2, -0.15) is 0 Å². The Hall–Kier alpha value is -2.63. The van der Waals surface area contributed by atoms with Gasteiger partial charge in [-0.15, -0.1) is 0 Å². The number of nitrogens with one attached hydrogen (secondary N) is 1. The molecule has 25 heavy (non-hydrogen) atoms. The maximum Gasteiger partial charge on any atom is 0.282 e. The highest BCUT2D eigenvalue weighted by atomic mass is 16.5. The number of aryl methyl sites for hydroxylation is 1. The molecule has 1 aliphatic heterocycles. The number of benzene rings is 1. The molecule has 0 fully saturated rings. The van der Waals surface area contributed by atoms with E-state index < -0.39 is 0 Å². The Morgan fingerprint density at radius 3 is 2.40 bits per heavy atom. The molecule has 0 aliphatic carbocycles. The van der Waals surface area contributed by atoms with Crippen LogP contribution in [0.5, 0.6) is 0 Å². The van der Waals surface area contributed by atoms with Crippen LogP contribution in [0, 0.1) is 0 Å². The first kappa shape index (κ1) is 17.2. The lowest BCUT2D eigenvalue weighted by Gasteiger charge is -2.17. The van der Waals surface area contributed by atoms with Crippen LogP contribution in [-0.4, -0.2) is 28.6 Å². The van der Waals surface area contributed by atoms with Crippen molar-refractivity contribution in [1.29, 1.82) is 0 Å². The molecule has 6 nitrogen and oxygen atoms in total. The molecule has 0 spiro atoms. The monoisotopic (exact) mass is 339 g/mol. The van der Waals surface area contributed by atoms with Gasteiger partial charge >= 0.3 is 0 Å². The van der Waals surface area contributed by atoms with E-state index in [4.69, 9.17) is 10.5 Å². The van der Waals surface area contributed by atoms with Crippen LogP contribution < -0.4 is 11.1 Å². The van der Waals surface area contributed by atoms with Gasteiger partial charge in [0, 0.05) is 18.1 Å². The van der Waals surface area contributed by atoms with E-state index in [1.54, 1.807) is 0 Å². The van der Waals surface area contributed by atoms with Gasteiger partial charge in [0.1, 0.15) is 6.61 Å². The molecule has 2 aromatic rings. The van der Waals surface area contributed by atoms with Crippen molar-refractivity contribution in [3.63, 3.8) is 0 Å². The van der Waals surface area contributed by atoms with E-state index in [2.05, 4.69) is 53.2 Å². The summed E-state index contributed by atoms with van der Waals surface area (Å²) in [6.07, 6.45) is 5.63. The number of nitrogens with two attached hydrogens (primary N) is 1. The molecule has 1 aromatic heterocycles. The number of hydrogen-bond acceptors (Lipinski definition) is 6. The van der Waals surface area contributed by atoms with Crippen LogP contribution in [0.3, 0.4) is 0 Å². The average molecular weight is 339 g/mol. The van der Waals surface area contributed by atoms with Crippen LogP contribution in [0.4, 0.5) is 11.6 Å². The predicted octanol–water partition coefficient (Wildman–Crippen LogP) is 3.16.